The van der Waals surface area contributed by atoms with Crippen molar-refractivity contribution in [3.8, 4) is 0 Å². The number of ether oxygens (including phenoxy) is 2. The summed E-state index contributed by atoms with van der Waals surface area (Å²) in [4.78, 5) is 13.1. The number of hydrogen-bond donors (Lipinski definition) is 6. The molecular formula is C78H149NO8. The lowest BCUT2D eigenvalue weighted by Crippen LogP contribution is -2.60. The number of allylic oxidation sites excluding steroid dienone is 5. The Kier molecular flexibility index (Phi) is 64.5. The van der Waals surface area contributed by atoms with Crippen LogP contribution in [0.25, 0.3) is 0 Å². The summed E-state index contributed by atoms with van der Waals surface area (Å²) in [6.45, 7) is 3.82. The Morgan fingerprint density at radius 3 is 0.966 bits per heavy atom. The largest absolute Gasteiger partial charge is 0.394 e. The Balaban J connectivity index is 2.10. The zero-order valence-electron chi connectivity index (χ0n) is 57.8. The number of carbonyl (C=O) groups is 1. The monoisotopic (exact) mass is 1230 g/mol. The third-order valence-corrected chi connectivity index (χ3v) is 18.7. The molecule has 1 rings (SSSR count). The number of aliphatic hydroxyl groups is 5. The molecule has 0 aromatic heterocycles. The van der Waals surface area contributed by atoms with Crippen molar-refractivity contribution in [2.24, 2.45) is 0 Å². The minimum absolute atomic E-state index is 0.182. The molecule has 9 nitrogen and oxygen atoms in total. The van der Waals surface area contributed by atoms with Crippen LogP contribution in [0.3, 0.4) is 0 Å². The molecule has 87 heavy (non-hydrogen) atoms. The maximum atomic E-state index is 13.1. The minimum Gasteiger partial charge on any atom is -0.394 e. The van der Waals surface area contributed by atoms with Gasteiger partial charge in [0.25, 0.3) is 0 Å². The molecule has 1 saturated heterocycles. The predicted molar refractivity (Wildman–Crippen MR) is 373 cm³/mol. The van der Waals surface area contributed by atoms with Crippen molar-refractivity contribution in [2.45, 2.75) is 442 Å². The molecule has 1 aliphatic rings. The van der Waals surface area contributed by atoms with E-state index in [1.54, 1.807) is 6.08 Å². The van der Waals surface area contributed by atoms with Crippen LogP contribution in [0.5, 0.6) is 0 Å². The molecule has 0 aromatic rings. The number of rotatable bonds is 69. The minimum atomic E-state index is -1.58. The van der Waals surface area contributed by atoms with E-state index in [0.29, 0.717) is 6.42 Å². The summed E-state index contributed by atoms with van der Waals surface area (Å²) < 4.78 is 11.3. The Hall–Kier alpha value is -1.59. The average molecular weight is 1230 g/mol. The van der Waals surface area contributed by atoms with Crippen molar-refractivity contribution < 1.29 is 39.8 Å². The molecule has 9 heteroatoms. The van der Waals surface area contributed by atoms with E-state index in [2.05, 4.69) is 43.5 Å². The number of amides is 1. The first-order chi connectivity index (χ1) is 42.8. The Labute approximate surface area is 540 Å². The molecule has 1 aliphatic heterocycles. The van der Waals surface area contributed by atoms with Crippen LogP contribution in [-0.2, 0) is 14.3 Å². The highest BCUT2D eigenvalue weighted by Gasteiger charge is 2.44. The van der Waals surface area contributed by atoms with E-state index in [1.165, 1.54) is 334 Å². The maximum Gasteiger partial charge on any atom is 0.220 e. The van der Waals surface area contributed by atoms with E-state index in [1.807, 2.05) is 6.08 Å². The van der Waals surface area contributed by atoms with Crippen LogP contribution >= 0.6 is 0 Å². The lowest BCUT2D eigenvalue weighted by Gasteiger charge is -2.40. The second-order valence-electron chi connectivity index (χ2n) is 27.1. The third kappa shape index (κ3) is 55.7. The highest BCUT2D eigenvalue weighted by atomic mass is 16.7. The molecule has 0 spiro atoms. The Morgan fingerprint density at radius 2 is 0.655 bits per heavy atom. The van der Waals surface area contributed by atoms with Crippen LogP contribution in [0.15, 0.2) is 36.5 Å². The van der Waals surface area contributed by atoms with Gasteiger partial charge in [-0.3, -0.25) is 4.79 Å². The molecule has 514 valence electrons. The molecule has 1 amide bonds. The first-order valence-corrected chi connectivity index (χ1v) is 38.7. The summed E-state index contributed by atoms with van der Waals surface area (Å²) >= 11 is 0. The van der Waals surface area contributed by atoms with Crippen molar-refractivity contribution in [1.29, 1.82) is 0 Å². The van der Waals surface area contributed by atoms with Gasteiger partial charge in [0.1, 0.15) is 24.4 Å². The van der Waals surface area contributed by atoms with Gasteiger partial charge in [0.2, 0.25) is 5.91 Å². The second-order valence-corrected chi connectivity index (χ2v) is 27.1. The van der Waals surface area contributed by atoms with Crippen molar-refractivity contribution in [1.82, 2.24) is 5.32 Å². The molecule has 1 heterocycles. The third-order valence-electron chi connectivity index (χ3n) is 18.7. The fourth-order valence-electron chi connectivity index (χ4n) is 12.7. The van der Waals surface area contributed by atoms with Crippen LogP contribution in [0.1, 0.15) is 399 Å². The Bertz CT molecular complexity index is 1470. The highest BCUT2D eigenvalue weighted by molar-refractivity contribution is 5.76. The molecule has 0 radical (unpaired) electrons. The fraction of sp³-hybridized carbons (Fsp3) is 0.910. The second kappa shape index (κ2) is 67.3. The molecular weight excluding hydrogens is 1080 g/mol. The molecule has 7 unspecified atom stereocenters. The zero-order valence-corrected chi connectivity index (χ0v) is 57.8. The predicted octanol–water partition coefficient (Wildman–Crippen LogP) is 21.8. The smallest absolute Gasteiger partial charge is 0.220 e. The number of nitrogens with one attached hydrogen (secondary N) is 1. The SMILES string of the molecule is CCCCCCCCCCCCCCCCCCCCC/C=C/CC/C=C/CC/C=C/C(O)C(COC1OC(CO)C(O)C(O)C1O)NC(=O)CCCCCCCCCCCCCCCCCCCCCCCCCCCCCCCCCCCCC. The van der Waals surface area contributed by atoms with Gasteiger partial charge in [-0.05, 0) is 44.9 Å². The molecule has 0 bridgehead atoms. The van der Waals surface area contributed by atoms with Crippen molar-refractivity contribution >= 4 is 5.91 Å². The van der Waals surface area contributed by atoms with Crippen molar-refractivity contribution in [2.75, 3.05) is 13.2 Å². The summed E-state index contributed by atoms with van der Waals surface area (Å²) in [5, 5.41) is 54.8. The molecule has 1 fully saturated rings. The van der Waals surface area contributed by atoms with Crippen molar-refractivity contribution in [3.05, 3.63) is 36.5 Å². The molecule has 0 aromatic carbocycles. The van der Waals surface area contributed by atoms with Gasteiger partial charge in [0, 0.05) is 6.42 Å². The molecule has 0 aliphatic carbocycles. The summed E-state index contributed by atoms with van der Waals surface area (Å²) in [7, 11) is 0. The first-order valence-electron chi connectivity index (χ1n) is 38.7. The quantitative estimate of drug-likeness (QED) is 0.0261. The van der Waals surface area contributed by atoms with Crippen molar-refractivity contribution in [3.63, 3.8) is 0 Å². The number of unbranched alkanes of at least 4 members (excludes halogenated alkanes) is 55. The Morgan fingerprint density at radius 1 is 0.379 bits per heavy atom. The lowest BCUT2D eigenvalue weighted by atomic mass is 9.99. The van der Waals surface area contributed by atoms with Gasteiger partial charge < -0.3 is 40.3 Å². The fourth-order valence-corrected chi connectivity index (χ4v) is 12.7. The van der Waals surface area contributed by atoms with Gasteiger partial charge in [0.15, 0.2) is 6.29 Å². The van der Waals surface area contributed by atoms with Crippen LogP contribution < -0.4 is 5.32 Å². The van der Waals surface area contributed by atoms with Gasteiger partial charge in [-0.1, -0.05) is 384 Å². The van der Waals surface area contributed by atoms with E-state index in [-0.39, 0.29) is 12.5 Å². The highest BCUT2D eigenvalue weighted by Crippen LogP contribution is 2.24. The van der Waals surface area contributed by atoms with Gasteiger partial charge in [-0.2, -0.15) is 0 Å². The van der Waals surface area contributed by atoms with Gasteiger partial charge in [-0.15, -0.1) is 0 Å². The van der Waals surface area contributed by atoms with E-state index >= 15 is 0 Å². The first kappa shape index (κ1) is 83.4. The summed E-state index contributed by atoms with van der Waals surface area (Å²) in [6.07, 6.45) is 84.4. The number of aliphatic hydroxyl groups excluding tert-OH is 5. The number of carbonyl (C=O) groups excluding carboxylic acids is 1. The van der Waals surface area contributed by atoms with Gasteiger partial charge >= 0.3 is 0 Å². The summed E-state index contributed by atoms with van der Waals surface area (Å²) in [6, 6.07) is -0.828. The standard InChI is InChI=1S/C78H149NO8/c1-3-5-7-9-11-13-15-17-19-21-23-25-27-29-31-33-34-35-36-37-38-40-42-44-46-48-50-52-54-56-58-60-62-64-66-68-74(82)79-71(70-86-78-77(85)76(84)75(83)73(69-80)87-78)72(81)67-65-63-61-59-57-55-53-51-49-47-45-43-41-39-32-30-28-26-24-22-20-18-16-14-12-10-8-6-4-2/h49,51,57,59,65,67,71-73,75-78,80-81,83-85H,3-48,50,52-56,58,60-64,66,68-70H2,1-2H3,(H,79,82)/b51-49+,59-57+,67-65+. The van der Waals surface area contributed by atoms with Gasteiger partial charge in [0.05, 0.1) is 25.4 Å². The van der Waals surface area contributed by atoms with E-state index < -0.39 is 49.5 Å². The lowest BCUT2D eigenvalue weighted by molar-refractivity contribution is -0.302. The van der Waals surface area contributed by atoms with E-state index in [9.17, 15) is 30.3 Å². The van der Waals surface area contributed by atoms with Gasteiger partial charge in [-0.25, -0.2) is 0 Å². The zero-order chi connectivity index (χ0) is 62.8. The molecule has 0 saturated carbocycles. The van der Waals surface area contributed by atoms with E-state index in [0.717, 1.165) is 44.9 Å². The molecule has 6 N–H and O–H groups in total. The van der Waals surface area contributed by atoms with Crippen LogP contribution in [0.2, 0.25) is 0 Å². The molecule has 7 atom stereocenters. The maximum absolute atomic E-state index is 13.1. The van der Waals surface area contributed by atoms with E-state index in [4.69, 9.17) is 9.47 Å². The van der Waals surface area contributed by atoms with Crippen LogP contribution in [0.4, 0.5) is 0 Å². The average Bonchev–Trinajstić information content (AvgIpc) is 3.38. The number of hydrogen-bond acceptors (Lipinski definition) is 8. The topological polar surface area (TPSA) is 149 Å². The summed E-state index contributed by atoms with van der Waals surface area (Å²) in [5.74, 6) is -0.182. The van der Waals surface area contributed by atoms with Crippen LogP contribution in [0, 0.1) is 0 Å². The normalized spacial score (nSPS) is 18.1. The van der Waals surface area contributed by atoms with Crippen LogP contribution in [-0.4, -0.2) is 87.5 Å². The summed E-state index contributed by atoms with van der Waals surface area (Å²) in [5.41, 5.74) is 0.